The lowest BCUT2D eigenvalue weighted by atomic mass is 9.96. The molecule has 0 spiro atoms. The van der Waals surface area contributed by atoms with Gasteiger partial charge in [0.15, 0.2) is 5.78 Å². The predicted molar refractivity (Wildman–Crippen MR) is 107 cm³/mol. The number of carbonyl (C=O) groups is 1. The lowest BCUT2D eigenvalue weighted by molar-refractivity contribution is -0.121. The van der Waals surface area contributed by atoms with Crippen LogP contribution in [0, 0.1) is 0 Å². The van der Waals surface area contributed by atoms with E-state index >= 15 is 0 Å². The number of aromatic hydroxyl groups is 1. The third kappa shape index (κ3) is 9.29. The fourth-order valence-electron chi connectivity index (χ4n) is 2.83. The van der Waals surface area contributed by atoms with E-state index in [1.54, 1.807) is 12.1 Å². The smallest absolute Gasteiger partial charge is 0.153 e. The van der Waals surface area contributed by atoms with Crippen molar-refractivity contribution in [2.24, 2.45) is 11.5 Å². The van der Waals surface area contributed by atoms with Gasteiger partial charge < -0.3 is 21.9 Å². The van der Waals surface area contributed by atoms with E-state index < -0.39 is 0 Å². The summed E-state index contributed by atoms with van der Waals surface area (Å²) in [6.45, 7) is 7.45. The number of hydrogen-bond donors (Lipinski definition) is 4. The van der Waals surface area contributed by atoms with Gasteiger partial charge >= 0.3 is 0 Å². The van der Waals surface area contributed by atoms with Crippen LogP contribution in [-0.4, -0.2) is 61.6 Å². The number of rotatable bonds is 15. The number of phenols is 1. The van der Waals surface area contributed by atoms with Crippen molar-refractivity contribution in [3.8, 4) is 5.75 Å². The molecule has 6 heteroatoms. The highest BCUT2D eigenvalue weighted by Gasteiger charge is 2.18. The number of unbranched alkanes of at least 4 members (excludes halogenated alkanes) is 1. The average molecular weight is 365 g/mol. The molecule has 0 aliphatic carbocycles. The molecule has 1 aromatic carbocycles. The first kappa shape index (κ1) is 22.6. The lowest BCUT2D eigenvalue weighted by Gasteiger charge is -2.23. The van der Waals surface area contributed by atoms with Crippen LogP contribution in [0.15, 0.2) is 24.3 Å². The Morgan fingerprint density at radius 2 is 1.65 bits per heavy atom. The summed E-state index contributed by atoms with van der Waals surface area (Å²) in [5.41, 5.74) is 12.1. The number of carbonyl (C=O) groups excluding carboxylic acids is 1. The molecule has 1 rings (SSSR count). The fraction of sp³-hybridized carbons (Fsp3) is 0.650. The van der Waals surface area contributed by atoms with Crippen LogP contribution in [0.5, 0.6) is 5.75 Å². The van der Waals surface area contributed by atoms with Crippen LogP contribution in [0.1, 0.15) is 44.1 Å². The summed E-state index contributed by atoms with van der Waals surface area (Å²) in [5, 5.41) is 12.8. The van der Waals surface area contributed by atoms with Crippen molar-refractivity contribution in [3.63, 3.8) is 0 Å². The number of hydrogen-bond acceptors (Lipinski definition) is 6. The van der Waals surface area contributed by atoms with Crippen LogP contribution in [-0.2, 0) is 4.79 Å². The Labute approximate surface area is 157 Å². The molecule has 0 saturated heterocycles. The maximum absolute atomic E-state index is 12.6. The van der Waals surface area contributed by atoms with Crippen molar-refractivity contribution in [1.29, 1.82) is 0 Å². The first-order chi connectivity index (χ1) is 12.6. The minimum absolute atomic E-state index is 0.172. The summed E-state index contributed by atoms with van der Waals surface area (Å²) in [6.07, 6.45) is 4.05. The molecule has 0 aliphatic heterocycles. The van der Waals surface area contributed by atoms with Crippen molar-refractivity contribution >= 4 is 5.78 Å². The summed E-state index contributed by atoms with van der Waals surface area (Å²) >= 11 is 0. The molecule has 148 valence electrons. The van der Waals surface area contributed by atoms with E-state index in [1.807, 2.05) is 19.1 Å². The molecule has 0 heterocycles. The fourth-order valence-corrected chi connectivity index (χ4v) is 2.83. The number of nitrogens with zero attached hydrogens (tertiary/aromatic N) is 1. The Kier molecular flexibility index (Phi) is 11.9. The Balaban J connectivity index is 2.41. The lowest BCUT2D eigenvalue weighted by Crippen LogP contribution is -2.34. The second-order valence-corrected chi connectivity index (χ2v) is 6.80. The summed E-state index contributed by atoms with van der Waals surface area (Å²) in [6, 6.07) is 6.89. The monoisotopic (exact) mass is 364 g/mol. The molecule has 0 aromatic heterocycles. The normalized spacial score (nSPS) is 12.5. The zero-order valence-corrected chi connectivity index (χ0v) is 16.1. The molecule has 0 saturated carbocycles. The second kappa shape index (κ2) is 13.7. The van der Waals surface area contributed by atoms with Gasteiger partial charge in [0.05, 0.1) is 6.54 Å². The Bertz CT molecular complexity index is 493. The summed E-state index contributed by atoms with van der Waals surface area (Å²) < 4.78 is 0. The minimum Gasteiger partial charge on any atom is -0.508 e. The molecule has 1 unspecified atom stereocenters. The van der Waals surface area contributed by atoms with Crippen molar-refractivity contribution < 1.29 is 9.90 Å². The maximum atomic E-state index is 12.6. The van der Waals surface area contributed by atoms with E-state index in [0.717, 1.165) is 64.0 Å². The van der Waals surface area contributed by atoms with E-state index in [2.05, 4.69) is 10.2 Å². The molecule has 0 aliphatic rings. The van der Waals surface area contributed by atoms with E-state index in [4.69, 9.17) is 11.5 Å². The highest BCUT2D eigenvalue weighted by Crippen LogP contribution is 2.19. The summed E-state index contributed by atoms with van der Waals surface area (Å²) in [5.74, 6) is 0.251. The van der Waals surface area contributed by atoms with E-state index in [1.165, 1.54) is 0 Å². The Morgan fingerprint density at radius 1 is 1.04 bits per heavy atom. The van der Waals surface area contributed by atoms with Gasteiger partial charge in [0, 0.05) is 5.92 Å². The van der Waals surface area contributed by atoms with E-state index in [9.17, 15) is 9.90 Å². The van der Waals surface area contributed by atoms with Crippen molar-refractivity contribution in [1.82, 2.24) is 10.2 Å². The molecule has 1 atom stereocenters. The average Bonchev–Trinajstić information content (AvgIpc) is 2.65. The van der Waals surface area contributed by atoms with Crippen LogP contribution < -0.4 is 16.8 Å². The largest absolute Gasteiger partial charge is 0.508 e. The number of benzene rings is 1. The quantitative estimate of drug-likeness (QED) is 0.351. The van der Waals surface area contributed by atoms with E-state index in [0.29, 0.717) is 13.1 Å². The zero-order chi connectivity index (χ0) is 19.2. The van der Waals surface area contributed by atoms with Gasteiger partial charge in [-0.05, 0) is 82.6 Å². The number of ketones is 1. The number of nitrogens with one attached hydrogen (secondary N) is 1. The van der Waals surface area contributed by atoms with Crippen LogP contribution >= 0.6 is 0 Å². The van der Waals surface area contributed by atoms with Crippen molar-refractivity contribution in [2.45, 2.75) is 38.5 Å². The van der Waals surface area contributed by atoms with Gasteiger partial charge in [0.2, 0.25) is 0 Å². The number of Topliss-reactive ketones (excluding diaryl/α,β-unsaturated/α-hetero) is 1. The summed E-state index contributed by atoms with van der Waals surface area (Å²) in [7, 11) is 0. The van der Waals surface area contributed by atoms with Crippen LogP contribution in [0.3, 0.4) is 0 Å². The third-order valence-corrected chi connectivity index (χ3v) is 4.57. The molecular weight excluding hydrogens is 328 g/mol. The van der Waals surface area contributed by atoms with E-state index in [-0.39, 0.29) is 17.5 Å². The third-order valence-electron chi connectivity index (χ3n) is 4.57. The summed E-state index contributed by atoms with van der Waals surface area (Å²) in [4.78, 5) is 14.9. The highest BCUT2D eigenvalue weighted by atomic mass is 16.3. The van der Waals surface area contributed by atoms with Gasteiger partial charge in [-0.25, -0.2) is 0 Å². The van der Waals surface area contributed by atoms with Gasteiger partial charge in [-0.2, -0.15) is 0 Å². The van der Waals surface area contributed by atoms with Crippen molar-refractivity contribution in [2.75, 3.05) is 45.8 Å². The standard InChI is InChI=1S/C20H36N4O2/c1-17(18-6-8-19(25)9-7-18)20(26)16-24(15-5-11-22)14-3-2-12-23-13-4-10-21/h6-9,17,23,25H,2-5,10-16,21-22H2,1H3. The van der Waals surface area contributed by atoms with Gasteiger partial charge in [0.25, 0.3) is 0 Å². The second-order valence-electron chi connectivity index (χ2n) is 6.80. The molecular formula is C20H36N4O2. The first-order valence-electron chi connectivity index (χ1n) is 9.73. The first-order valence-corrected chi connectivity index (χ1v) is 9.73. The molecule has 6 nitrogen and oxygen atoms in total. The van der Waals surface area contributed by atoms with Crippen molar-refractivity contribution in [3.05, 3.63) is 29.8 Å². The van der Waals surface area contributed by atoms with Gasteiger partial charge in [-0.3, -0.25) is 9.69 Å². The maximum Gasteiger partial charge on any atom is 0.153 e. The molecule has 26 heavy (non-hydrogen) atoms. The zero-order valence-electron chi connectivity index (χ0n) is 16.1. The molecule has 1 aromatic rings. The molecule has 0 radical (unpaired) electrons. The highest BCUT2D eigenvalue weighted by molar-refractivity contribution is 5.87. The number of nitrogens with two attached hydrogens (primary N) is 2. The van der Waals surface area contributed by atoms with Gasteiger partial charge in [-0.1, -0.05) is 19.1 Å². The van der Waals surface area contributed by atoms with Gasteiger partial charge in [0.1, 0.15) is 5.75 Å². The molecule has 6 N–H and O–H groups in total. The molecule has 0 amide bonds. The Morgan fingerprint density at radius 3 is 2.31 bits per heavy atom. The topological polar surface area (TPSA) is 105 Å². The number of phenolic OH excluding ortho intramolecular Hbond substituents is 1. The minimum atomic E-state index is -0.172. The van der Waals surface area contributed by atoms with Crippen LogP contribution in [0.4, 0.5) is 0 Å². The SMILES string of the molecule is CC(C(=O)CN(CCCN)CCCCNCCCN)c1ccc(O)cc1. The van der Waals surface area contributed by atoms with Crippen LogP contribution in [0.2, 0.25) is 0 Å². The van der Waals surface area contributed by atoms with Crippen LogP contribution in [0.25, 0.3) is 0 Å². The Hall–Kier alpha value is -1.47. The molecule has 0 fully saturated rings. The predicted octanol–water partition coefficient (Wildman–Crippen LogP) is 1.43. The van der Waals surface area contributed by atoms with Gasteiger partial charge in [-0.15, -0.1) is 0 Å². The molecule has 0 bridgehead atoms.